The van der Waals surface area contributed by atoms with E-state index in [1.54, 1.807) is 5.06 Å². The summed E-state index contributed by atoms with van der Waals surface area (Å²) in [5.41, 5.74) is 4.55. The summed E-state index contributed by atoms with van der Waals surface area (Å²) in [4.78, 5) is 36.6. The van der Waals surface area contributed by atoms with Crippen LogP contribution in [-0.4, -0.2) is 32.0 Å². The minimum Gasteiger partial charge on any atom is -0.378 e. The molecule has 0 bridgehead atoms. The van der Waals surface area contributed by atoms with Crippen molar-refractivity contribution >= 4 is 28.9 Å². The molecule has 2 aliphatic rings. The lowest BCUT2D eigenvalue weighted by molar-refractivity contribution is -0.126. The number of hydrogen-bond acceptors (Lipinski definition) is 5. The van der Waals surface area contributed by atoms with Crippen molar-refractivity contribution in [3.63, 3.8) is 0 Å². The molecule has 0 spiro atoms. The first-order valence-electron chi connectivity index (χ1n) is 11.2. The van der Waals surface area contributed by atoms with Crippen LogP contribution >= 0.6 is 0 Å². The fraction of sp³-hybridized carbons (Fsp3) is 0.259. The highest BCUT2D eigenvalue weighted by molar-refractivity contribution is 6.23. The number of nitrogens with zero attached hydrogens (tertiary/aromatic N) is 3. The van der Waals surface area contributed by atoms with Crippen LogP contribution in [0.5, 0.6) is 0 Å². The number of fused-ring (bicyclic) bond motifs is 1. The Morgan fingerprint density at radius 3 is 2.09 bits per heavy atom. The highest BCUT2D eigenvalue weighted by Crippen LogP contribution is 2.47. The van der Waals surface area contributed by atoms with Crippen LogP contribution < -0.4 is 14.9 Å². The number of benzene rings is 3. The molecule has 3 aromatic rings. The van der Waals surface area contributed by atoms with E-state index in [4.69, 9.17) is 4.84 Å². The number of carbonyl (C=O) groups is 2. The van der Waals surface area contributed by atoms with Crippen LogP contribution in [0.25, 0.3) is 0 Å². The van der Waals surface area contributed by atoms with Crippen molar-refractivity contribution < 1.29 is 14.4 Å². The first-order valence-corrected chi connectivity index (χ1v) is 11.2. The third kappa shape index (κ3) is 3.56. The van der Waals surface area contributed by atoms with E-state index in [9.17, 15) is 9.59 Å². The van der Waals surface area contributed by atoms with Crippen LogP contribution in [0.2, 0.25) is 0 Å². The van der Waals surface area contributed by atoms with Crippen LogP contribution in [0.1, 0.15) is 24.1 Å². The van der Waals surface area contributed by atoms with E-state index >= 15 is 0 Å². The number of hydroxylamine groups is 1. The quantitative estimate of drug-likeness (QED) is 0.551. The zero-order valence-electron chi connectivity index (χ0n) is 19.0. The number of rotatable bonds is 5. The summed E-state index contributed by atoms with van der Waals surface area (Å²) in [6.45, 7) is 2.07. The number of imide groups is 1. The molecular weight excluding hydrogens is 414 g/mol. The Morgan fingerprint density at radius 2 is 1.48 bits per heavy atom. The van der Waals surface area contributed by atoms with Gasteiger partial charge >= 0.3 is 0 Å². The second-order valence-corrected chi connectivity index (χ2v) is 8.68. The first-order chi connectivity index (χ1) is 16.0. The molecule has 2 aliphatic heterocycles. The molecule has 2 fully saturated rings. The van der Waals surface area contributed by atoms with Gasteiger partial charge in [-0.2, -0.15) is 0 Å². The third-order valence-electron chi connectivity index (χ3n) is 6.48. The monoisotopic (exact) mass is 441 g/mol. The first kappa shape index (κ1) is 21.2. The van der Waals surface area contributed by atoms with E-state index in [1.807, 2.05) is 97.9 Å². The number of para-hydroxylation sites is 1. The van der Waals surface area contributed by atoms with Gasteiger partial charge in [0, 0.05) is 19.8 Å². The van der Waals surface area contributed by atoms with Gasteiger partial charge in [0.1, 0.15) is 5.92 Å². The van der Waals surface area contributed by atoms with Gasteiger partial charge in [-0.05, 0) is 53.9 Å². The van der Waals surface area contributed by atoms with Crippen molar-refractivity contribution in [2.45, 2.75) is 25.5 Å². The van der Waals surface area contributed by atoms with Gasteiger partial charge < -0.3 is 4.90 Å². The second kappa shape index (κ2) is 8.37. The molecule has 0 N–H and O–H groups in total. The number of aryl methyl sites for hydroxylation is 1. The average Bonchev–Trinajstić information content (AvgIpc) is 3.36. The maximum absolute atomic E-state index is 13.7. The largest absolute Gasteiger partial charge is 0.378 e. The molecule has 2 amide bonds. The Labute approximate surface area is 193 Å². The van der Waals surface area contributed by atoms with E-state index < -0.39 is 18.1 Å². The topological polar surface area (TPSA) is 53.1 Å². The van der Waals surface area contributed by atoms with Gasteiger partial charge in [0.15, 0.2) is 6.10 Å². The van der Waals surface area contributed by atoms with E-state index in [0.29, 0.717) is 5.69 Å². The van der Waals surface area contributed by atoms with Crippen molar-refractivity contribution in [3.8, 4) is 0 Å². The maximum Gasteiger partial charge on any atom is 0.266 e. The molecule has 6 heteroatoms. The summed E-state index contributed by atoms with van der Waals surface area (Å²) in [5, 5.41) is 1.73. The molecule has 3 atom stereocenters. The summed E-state index contributed by atoms with van der Waals surface area (Å²) >= 11 is 0. The maximum atomic E-state index is 13.7. The van der Waals surface area contributed by atoms with Crippen LogP contribution in [0, 0.1) is 5.92 Å². The van der Waals surface area contributed by atoms with Gasteiger partial charge in [-0.1, -0.05) is 49.4 Å². The van der Waals surface area contributed by atoms with Gasteiger partial charge in [-0.3, -0.25) is 14.4 Å². The van der Waals surface area contributed by atoms with E-state index in [0.717, 1.165) is 28.9 Å². The number of carbonyl (C=O) groups excluding carboxylic acids is 2. The highest BCUT2D eigenvalue weighted by atomic mass is 16.7. The van der Waals surface area contributed by atoms with E-state index in [-0.39, 0.29) is 11.8 Å². The molecule has 0 aromatic heterocycles. The Morgan fingerprint density at radius 1 is 0.818 bits per heavy atom. The lowest BCUT2D eigenvalue weighted by atomic mass is 9.90. The Balaban J connectivity index is 1.55. The number of hydrogen-bond donors (Lipinski definition) is 0. The normalized spacial score (nSPS) is 22.1. The average molecular weight is 442 g/mol. The zero-order chi connectivity index (χ0) is 23.1. The Hall–Kier alpha value is -3.64. The van der Waals surface area contributed by atoms with E-state index in [1.165, 1.54) is 4.90 Å². The lowest BCUT2D eigenvalue weighted by Crippen LogP contribution is -2.37. The van der Waals surface area contributed by atoms with Crippen LogP contribution in [0.15, 0.2) is 78.9 Å². The molecule has 33 heavy (non-hydrogen) atoms. The summed E-state index contributed by atoms with van der Waals surface area (Å²) in [6.07, 6.45) is 0.0372. The molecule has 2 saturated heterocycles. The molecule has 0 unspecified atom stereocenters. The van der Waals surface area contributed by atoms with Crippen molar-refractivity contribution in [3.05, 3.63) is 90.0 Å². The molecule has 0 saturated carbocycles. The second-order valence-electron chi connectivity index (χ2n) is 8.68. The predicted octanol–water partition coefficient (Wildman–Crippen LogP) is 4.37. The molecule has 0 aliphatic carbocycles. The fourth-order valence-electron chi connectivity index (χ4n) is 4.66. The summed E-state index contributed by atoms with van der Waals surface area (Å²) < 4.78 is 0. The van der Waals surface area contributed by atoms with E-state index in [2.05, 4.69) is 6.92 Å². The van der Waals surface area contributed by atoms with Gasteiger partial charge in [-0.15, -0.1) is 0 Å². The summed E-state index contributed by atoms with van der Waals surface area (Å²) in [6, 6.07) is 24.9. The van der Waals surface area contributed by atoms with Crippen LogP contribution in [0.4, 0.5) is 17.1 Å². The van der Waals surface area contributed by atoms with Gasteiger partial charge in [0.25, 0.3) is 5.91 Å². The van der Waals surface area contributed by atoms with Crippen molar-refractivity contribution in [1.82, 2.24) is 0 Å². The van der Waals surface area contributed by atoms with Crippen LogP contribution in [0.3, 0.4) is 0 Å². The molecule has 168 valence electrons. The minimum absolute atomic E-state index is 0.227. The van der Waals surface area contributed by atoms with Crippen molar-refractivity contribution in [1.29, 1.82) is 0 Å². The van der Waals surface area contributed by atoms with Crippen LogP contribution in [-0.2, 0) is 20.8 Å². The van der Waals surface area contributed by atoms with Gasteiger partial charge in [0.05, 0.1) is 17.4 Å². The summed E-state index contributed by atoms with van der Waals surface area (Å²) in [7, 11) is 3.97. The molecule has 0 radical (unpaired) electrons. The lowest BCUT2D eigenvalue weighted by Gasteiger charge is -2.29. The minimum atomic E-state index is -0.859. The van der Waals surface area contributed by atoms with Gasteiger partial charge in [-0.25, -0.2) is 9.96 Å². The third-order valence-corrected chi connectivity index (χ3v) is 6.48. The Kier molecular flexibility index (Phi) is 5.38. The summed E-state index contributed by atoms with van der Waals surface area (Å²) in [5.74, 6) is -1.18. The van der Waals surface area contributed by atoms with Gasteiger partial charge in [0.2, 0.25) is 5.91 Å². The van der Waals surface area contributed by atoms with Crippen molar-refractivity contribution in [2.75, 3.05) is 29.0 Å². The smallest absolute Gasteiger partial charge is 0.266 e. The molecule has 3 aromatic carbocycles. The zero-order valence-corrected chi connectivity index (χ0v) is 19.0. The molecule has 2 heterocycles. The SMILES string of the molecule is CCc1ccc(N2C(=O)[C@@H]3[C@H](ON(c4ccccc4)[C@H]3c3ccc(N(C)C)cc3)C2=O)cc1. The number of anilines is 3. The molecule has 6 nitrogen and oxygen atoms in total. The number of amides is 2. The van der Waals surface area contributed by atoms with Crippen molar-refractivity contribution in [2.24, 2.45) is 5.92 Å². The predicted molar refractivity (Wildman–Crippen MR) is 129 cm³/mol. The molecular formula is C27H27N3O3. The molecule has 5 rings (SSSR count). The Bertz CT molecular complexity index is 1160. The fourth-order valence-corrected chi connectivity index (χ4v) is 4.66. The highest BCUT2D eigenvalue weighted by Gasteiger charge is 2.60. The standard InChI is InChI=1S/C27H27N3O3/c1-4-18-10-14-21(15-11-18)29-26(31)23-24(19-12-16-20(17-13-19)28(2)3)30(33-25(23)27(29)32)22-8-6-5-7-9-22/h5-17,23-25H,4H2,1-3H3/t23-,24-,25-/m0/s1.